The van der Waals surface area contributed by atoms with E-state index in [4.69, 9.17) is 22.7 Å². The third-order valence-corrected chi connectivity index (χ3v) is 5.85. The molecule has 2 amide bonds. The molecule has 1 aromatic heterocycles. The van der Waals surface area contributed by atoms with E-state index in [9.17, 15) is 9.59 Å². The molecule has 1 aromatic carbocycles. The van der Waals surface area contributed by atoms with Crippen LogP contribution in [0.2, 0.25) is 0 Å². The molecule has 2 rings (SSSR count). The number of amides is 2. The lowest BCUT2D eigenvalue weighted by Gasteiger charge is -2.13. The first-order valence-electron chi connectivity index (χ1n) is 8.69. The summed E-state index contributed by atoms with van der Waals surface area (Å²) in [5, 5.41) is 6.13. The summed E-state index contributed by atoms with van der Waals surface area (Å²) < 4.78 is 6.47. The summed E-state index contributed by atoms with van der Waals surface area (Å²) in [5.41, 5.74) is 7.01. The van der Waals surface area contributed by atoms with E-state index in [1.807, 2.05) is 19.9 Å². The van der Waals surface area contributed by atoms with Crippen molar-refractivity contribution in [2.45, 2.75) is 33.6 Å². The molecule has 28 heavy (non-hydrogen) atoms. The molecule has 150 valence electrons. The molecule has 0 atom stereocenters. The molecular formula is C19H22BrN3O3S2. The van der Waals surface area contributed by atoms with Gasteiger partial charge in [-0.15, -0.1) is 11.3 Å². The van der Waals surface area contributed by atoms with Gasteiger partial charge in [-0.25, -0.2) is 0 Å². The van der Waals surface area contributed by atoms with Gasteiger partial charge in [-0.05, 0) is 56.2 Å². The zero-order valence-electron chi connectivity index (χ0n) is 15.8. The summed E-state index contributed by atoms with van der Waals surface area (Å²) in [4.78, 5) is 25.4. The van der Waals surface area contributed by atoms with Gasteiger partial charge in [-0.1, -0.05) is 29.3 Å². The molecule has 1 heterocycles. The van der Waals surface area contributed by atoms with E-state index in [2.05, 4.69) is 33.5 Å². The Balaban J connectivity index is 2.15. The molecule has 0 bridgehead atoms. The second-order valence-electron chi connectivity index (χ2n) is 6.10. The SMILES string of the molecule is CCCCOc1ccc(Br)cc1C(=O)NC(=S)Nc1sc(C)c(C)c1C(N)=O. The van der Waals surface area contributed by atoms with Crippen molar-refractivity contribution in [2.24, 2.45) is 5.73 Å². The minimum atomic E-state index is -0.544. The van der Waals surface area contributed by atoms with E-state index in [-0.39, 0.29) is 5.11 Å². The predicted octanol–water partition coefficient (Wildman–Crippen LogP) is 4.53. The number of anilines is 1. The van der Waals surface area contributed by atoms with Crippen molar-refractivity contribution in [1.82, 2.24) is 5.32 Å². The number of thiophene rings is 1. The number of thiocarbonyl (C=S) groups is 1. The van der Waals surface area contributed by atoms with Crippen molar-refractivity contribution < 1.29 is 14.3 Å². The molecule has 0 aliphatic rings. The van der Waals surface area contributed by atoms with Crippen LogP contribution in [0.3, 0.4) is 0 Å². The van der Waals surface area contributed by atoms with Gasteiger partial charge in [0.1, 0.15) is 10.8 Å². The number of carbonyl (C=O) groups excluding carboxylic acids is 2. The number of halogens is 1. The average molecular weight is 484 g/mol. The number of nitrogens with two attached hydrogens (primary N) is 1. The van der Waals surface area contributed by atoms with Crippen LogP contribution in [0.4, 0.5) is 5.00 Å². The third kappa shape index (κ3) is 5.52. The minimum absolute atomic E-state index is 0.0771. The molecule has 4 N–H and O–H groups in total. The van der Waals surface area contributed by atoms with Crippen LogP contribution in [-0.2, 0) is 0 Å². The van der Waals surface area contributed by atoms with Gasteiger partial charge >= 0.3 is 0 Å². The number of benzene rings is 1. The Morgan fingerprint density at radius 3 is 2.68 bits per heavy atom. The number of aryl methyl sites for hydroxylation is 1. The Kier molecular flexibility index (Phi) is 7.97. The van der Waals surface area contributed by atoms with Gasteiger partial charge in [0, 0.05) is 9.35 Å². The Labute approximate surface area is 182 Å². The topological polar surface area (TPSA) is 93.4 Å². The fourth-order valence-electron chi connectivity index (χ4n) is 2.45. The maximum absolute atomic E-state index is 12.7. The van der Waals surface area contributed by atoms with Gasteiger partial charge < -0.3 is 15.8 Å². The van der Waals surface area contributed by atoms with Gasteiger partial charge in [0.25, 0.3) is 11.8 Å². The van der Waals surface area contributed by atoms with Crippen LogP contribution in [0.1, 0.15) is 50.9 Å². The van der Waals surface area contributed by atoms with E-state index >= 15 is 0 Å². The van der Waals surface area contributed by atoms with Crippen molar-refractivity contribution in [3.8, 4) is 5.75 Å². The lowest BCUT2D eigenvalue weighted by atomic mass is 10.1. The fourth-order valence-corrected chi connectivity index (χ4v) is 4.14. The maximum Gasteiger partial charge on any atom is 0.261 e. The highest BCUT2D eigenvalue weighted by Gasteiger charge is 2.20. The summed E-state index contributed by atoms with van der Waals surface area (Å²) in [6, 6.07) is 5.22. The highest BCUT2D eigenvalue weighted by atomic mass is 79.9. The number of primary amides is 1. The van der Waals surface area contributed by atoms with Crippen molar-refractivity contribution in [2.75, 3.05) is 11.9 Å². The molecule has 0 spiro atoms. The highest BCUT2D eigenvalue weighted by molar-refractivity contribution is 9.10. The Morgan fingerprint density at radius 1 is 1.32 bits per heavy atom. The monoisotopic (exact) mass is 483 g/mol. The molecule has 0 saturated carbocycles. The predicted molar refractivity (Wildman–Crippen MR) is 121 cm³/mol. The molecule has 0 aliphatic carbocycles. The molecule has 0 aliphatic heterocycles. The lowest BCUT2D eigenvalue weighted by molar-refractivity contribution is 0.0971. The zero-order valence-corrected chi connectivity index (χ0v) is 19.1. The van der Waals surface area contributed by atoms with E-state index in [0.717, 1.165) is 27.8 Å². The minimum Gasteiger partial charge on any atom is -0.493 e. The molecule has 6 nitrogen and oxygen atoms in total. The van der Waals surface area contributed by atoms with Crippen LogP contribution in [0, 0.1) is 13.8 Å². The molecule has 2 aromatic rings. The average Bonchev–Trinajstić information content (AvgIpc) is 2.89. The zero-order chi connectivity index (χ0) is 20.8. The summed E-state index contributed by atoms with van der Waals surface area (Å²) in [7, 11) is 0. The molecule has 0 saturated heterocycles. The van der Waals surface area contributed by atoms with Crippen LogP contribution in [0.25, 0.3) is 0 Å². The number of rotatable bonds is 7. The van der Waals surface area contributed by atoms with E-state index < -0.39 is 11.8 Å². The molecule has 0 fully saturated rings. The van der Waals surface area contributed by atoms with Crippen molar-refractivity contribution in [1.29, 1.82) is 0 Å². The second kappa shape index (κ2) is 9.99. The maximum atomic E-state index is 12.7. The Hall–Kier alpha value is -1.97. The van der Waals surface area contributed by atoms with Gasteiger partial charge in [0.2, 0.25) is 0 Å². The summed E-state index contributed by atoms with van der Waals surface area (Å²) in [6.45, 7) is 6.30. The first-order chi connectivity index (χ1) is 13.2. The Bertz CT molecular complexity index is 912. The van der Waals surface area contributed by atoms with Gasteiger partial charge in [0.15, 0.2) is 5.11 Å². The summed E-state index contributed by atoms with van der Waals surface area (Å²) >= 11 is 9.98. The van der Waals surface area contributed by atoms with Crippen LogP contribution in [0.15, 0.2) is 22.7 Å². The number of ether oxygens (including phenoxy) is 1. The second-order valence-corrected chi connectivity index (χ2v) is 8.65. The van der Waals surface area contributed by atoms with E-state index in [1.165, 1.54) is 11.3 Å². The first kappa shape index (κ1) is 22.3. The quantitative estimate of drug-likeness (QED) is 0.397. The molecular weight excluding hydrogens is 462 g/mol. The Morgan fingerprint density at radius 2 is 2.04 bits per heavy atom. The van der Waals surface area contributed by atoms with E-state index in [0.29, 0.717) is 28.5 Å². The molecule has 0 unspecified atom stereocenters. The summed E-state index contributed by atoms with van der Waals surface area (Å²) in [5.74, 6) is -0.467. The van der Waals surface area contributed by atoms with Crippen molar-refractivity contribution >= 4 is 61.4 Å². The molecule has 0 radical (unpaired) electrons. The largest absolute Gasteiger partial charge is 0.493 e. The lowest BCUT2D eigenvalue weighted by Crippen LogP contribution is -2.34. The van der Waals surface area contributed by atoms with Gasteiger partial charge in [-0.3, -0.25) is 14.9 Å². The number of hydrogen-bond donors (Lipinski definition) is 3. The van der Waals surface area contributed by atoms with Gasteiger partial charge in [0.05, 0.1) is 17.7 Å². The van der Waals surface area contributed by atoms with Crippen LogP contribution in [-0.4, -0.2) is 23.5 Å². The highest BCUT2D eigenvalue weighted by Crippen LogP contribution is 2.32. The normalized spacial score (nSPS) is 10.4. The molecule has 9 heteroatoms. The summed E-state index contributed by atoms with van der Waals surface area (Å²) in [6.07, 6.45) is 1.89. The van der Waals surface area contributed by atoms with Crippen LogP contribution in [0.5, 0.6) is 5.75 Å². The number of unbranched alkanes of at least 4 members (excludes halogenated alkanes) is 1. The number of hydrogen-bond acceptors (Lipinski definition) is 5. The third-order valence-electron chi connectivity index (χ3n) is 4.03. The number of nitrogens with one attached hydrogen (secondary N) is 2. The van der Waals surface area contributed by atoms with Crippen molar-refractivity contribution in [3.05, 3.63) is 44.2 Å². The van der Waals surface area contributed by atoms with E-state index in [1.54, 1.807) is 12.1 Å². The number of carbonyl (C=O) groups is 2. The fraction of sp³-hybridized carbons (Fsp3) is 0.316. The van der Waals surface area contributed by atoms with Gasteiger partial charge in [-0.2, -0.15) is 0 Å². The smallest absolute Gasteiger partial charge is 0.261 e. The van der Waals surface area contributed by atoms with Crippen LogP contribution < -0.4 is 21.1 Å². The standard InChI is InChI=1S/C19H22BrN3O3S2/c1-4-5-8-26-14-7-6-12(20)9-13(14)17(25)22-19(27)23-18-15(16(21)24)10(2)11(3)28-18/h6-7,9H,4-5,8H2,1-3H3,(H2,21,24)(H2,22,23,25,27). The van der Waals surface area contributed by atoms with Crippen LogP contribution >= 0.6 is 39.5 Å². The first-order valence-corrected chi connectivity index (χ1v) is 10.7. The van der Waals surface area contributed by atoms with Crippen molar-refractivity contribution in [3.63, 3.8) is 0 Å².